The van der Waals surface area contributed by atoms with Crippen LogP contribution in [0.1, 0.15) is 33.6 Å². The normalized spacial score (nSPS) is 17.4. The van der Waals surface area contributed by atoms with Gasteiger partial charge in [0.2, 0.25) is 0 Å². The van der Waals surface area contributed by atoms with Crippen molar-refractivity contribution in [1.82, 2.24) is 4.98 Å². The summed E-state index contributed by atoms with van der Waals surface area (Å²) in [5.41, 5.74) is -1.05. The van der Waals surface area contributed by atoms with Crippen LogP contribution in [-0.2, 0) is 14.2 Å². The number of methoxy groups -OCH3 is 1. The molecule has 2 heterocycles. The molecule has 0 aliphatic carbocycles. The van der Waals surface area contributed by atoms with Gasteiger partial charge in [-0.3, -0.25) is 4.90 Å². The highest BCUT2D eigenvalue weighted by atomic mass is 79.9. The molecule has 0 bridgehead atoms. The molecule has 2 rings (SSSR count). The number of aromatic nitrogens is 1. The number of ether oxygens (including phenoxy) is 3. The van der Waals surface area contributed by atoms with Gasteiger partial charge in [-0.05, 0) is 48.8 Å². The van der Waals surface area contributed by atoms with Crippen molar-refractivity contribution in [3.63, 3.8) is 0 Å². The second kappa shape index (κ2) is 7.80. The third kappa shape index (κ3) is 5.16. The average molecular weight is 401 g/mol. The third-order valence-electron chi connectivity index (χ3n) is 3.87. The molecule has 1 saturated heterocycles. The van der Waals surface area contributed by atoms with Gasteiger partial charge in [-0.15, -0.1) is 0 Å². The Kier molecular flexibility index (Phi) is 6.22. The molecule has 1 aromatic heterocycles. The lowest BCUT2D eigenvalue weighted by Crippen LogP contribution is -2.51. The van der Waals surface area contributed by atoms with Gasteiger partial charge in [-0.1, -0.05) is 6.07 Å². The summed E-state index contributed by atoms with van der Waals surface area (Å²) in [6, 6.07) is 5.45. The minimum absolute atomic E-state index is 0.366. The Morgan fingerprint density at radius 1 is 1.38 bits per heavy atom. The summed E-state index contributed by atoms with van der Waals surface area (Å²) in [6.07, 6.45) is 1.00. The van der Waals surface area contributed by atoms with Crippen molar-refractivity contribution < 1.29 is 19.0 Å². The Balaban J connectivity index is 2.29. The van der Waals surface area contributed by atoms with Crippen LogP contribution >= 0.6 is 15.9 Å². The number of anilines is 1. The SMILES string of the molecule is COC1(CN(C(=O)OC(C)(C)C)c2cccc(Br)n2)CCOCC1. The average Bonchev–Trinajstić information content (AvgIpc) is 2.52. The Hall–Kier alpha value is -1.18. The standard InChI is InChI=1S/C17H25BrN2O4/c1-16(2,3)24-15(21)20(14-7-5-6-13(18)19-14)12-17(22-4)8-10-23-11-9-17/h5-7H,8-12H2,1-4H3. The van der Waals surface area contributed by atoms with Crippen LogP contribution < -0.4 is 4.90 Å². The Morgan fingerprint density at radius 2 is 2.04 bits per heavy atom. The molecule has 0 radical (unpaired) electrons. The first-order chi connectivity index (χ1) is 11.2. The quantitative estimate of drug-likeness (QED) is 0.719. The van der Waals surface area contributed by atoms with Gasteiger partial charge in [-0.2, -0.15) is 0 Å². The number of hydrogen-bond donors (Lipinski definition) is 0. The summed E-state index contributed by atoms with van der Waals surface area (Å²) < 4.78 is 17.4. The minimum atomic E-state index is -0.586. The fraction of sp³-hybridized carbons (Fsp3) is 0.647. The van der Waals surface area contributed by atoms with Crippen LogP contribution in [0.5, 0.6) is 0 Å². The molecule has 1 amide bonds. The summed E-state index contributed by atoms with van der Waals surface area (Å²) in [6.45, 7) is 7.13. The van der Waals surface area contributed by atoms with Crippen molar-refractivity contribution in [3.8, 4) is 0 Å². The van der Waals surface area contributed by atoms with Gasteiger partial charge in [0.25, 0.3) is 0 Å². The van der Waals surface area contributed by atoms with Crippen molar-refractivity contribution in [2.75, 3.05) is 31.8 Å². The van der Waals surface area contributed by atoms with Gasteiger partial charge in [0.05, 0.1) is 12.1 Å². The third-order valence-corrected chi connectivity index (χ3v) is 4.32. The monoisotopic (exact) mass is 400 g/mol. The molecule has 0 N–H and O–H groups in total. The van der Waals surface area contributed by atoms with Crippen molar-refractivity contribution >= 4 is 27.8 Å². The van der Waals surface area contributed by atoms with Crippen LogP contribution in [0.25, 0.3) is 0 Å². The van der Waals surface area contributed by atoms with E-state index in [9.17, 15) is 4.79 Å². The highest BCUT2D eigenvalue weighted by Gasteiger charge is 2.38. The number of carbonyl (C=O) groups is 1. The molecule has 0 unspecified atom stereocenters. The fourth-order valence-electron chi connectivity index (χ4n) is 2.56. The lowest BCUT2D eigenvalue weighted by molar-refractivity contribution is -0.0843. The smallest absolute Gasteiger partial charge is 0.416 e. The van der Waals surface area contributed by atoms with Crippen molar-refractivity contribution in [2.24, 2.45) is 0 Å². The maximum Gasteiger partial charge on any atom is 0.416 e. The molecule has 6 nitrogen and oxygen atoms in total. The second-order valence-corrected chi connectivity index (χ2v) is 7.70. The van der Waals surface area contributed by atoms with E-state index in [0.29, 0.717) is 30.2 Å². The van der Waals surface area contributed by atoms with E-state index in [4.69, 9.17) is 14.2 Å². The van der Waals surface area contributed by atoms with Crippen LogP contribution in [0, 0.1) is 0 Å². The zero-order valence-electron chi connectivity index (χ0n) is 14.7. The van der Waals surface area contributed by atoms with Gasteiger partial charge in [0, 0.05) is 33.2 Å². The van der Waals surface area contributed by atoms with Gasteiger partial charge >= 0.3 is 6.09 Å². The zero-order chi connectivity index (χ0) is 17.8. The predicted octanol–water partition coefficient (Wildman–Crippen LogP) is 3.78. The molecule has 1 aliphatic heterocycles. The van der Waals surface area contributed by atoms with Crippen LogP contribution in [0.3, 0.4) is 0 Å². The second-order valence-electron chi connectivity index (χ2n) is 6.88. The Labute approximate surface area is 151 Å². The van der Waals surface area contributed by atoms with Gasteiger partial charge in [0.1, 0.15) is 16.0 Å². The molecular weight excluding hydrogens is 376 g/mol. The van der Waals surface area contributed by atoms with E-state index in [1.165, 1.54) is 0 Å². The maximum absolute atomic E-state index is 12.8. The van der Waals surface area contributed by atoms with Crippen molar-refractivity contribution in [3.05, 3.63) is 22.8 Å². The Morgan fingerprint density at radius 3 is 2.58 bits per heavy atom. The van der Waals surface area contributed by atoms with E-state index < -0.39 is 17.3 Å². The topological polar surface area (TPSA) is 60.9 Å². The van der Waals surface area contributed by atoms with Gasteiger partial charge in [-0.25, -0.2) is 9.78 Å². The fourth-order valence-corrected chi connectivity index (χ4v) is 2.90. The first-order valence-electron chi connectivity index (χ1n) is 8.01. The number of rotatable bonds is 4. The predicted molar refractivity (Wildman–Crippen MR) is 95.3 cm³/mol. The summed E-state index contributed by atoms with van der Waals surface area (Å²) in [5.74, 6) is 0.529. The molecular formula is C17H25BrN2O4. The van der Waals surface area contributed by atoms with Crippen molar-refractivity contribution in [1.29, 1.82) is 0 Å². The highest BCUT2D eigenvalue weighted by Crippen LogP contribution is 2.29. The van der Waals surface area contributed by atoms with Crippen LogP contribution in [0.4, 0.5) is 10.6 Å². The number of carbonyl (C=O) groups excluding carboxylic acids is 1. The highest BCUT2D eigenvalue weighted by molar-refractivity contribution is 9.10. The molecule has 1 aliphatic rings. The van der Waals surface area contributed by atoms with E-state index in [-0.39, 0.29) is 0 Å². The van der Waals surface area contributed by atoms with E-state index in [1.54, 1.807) is 18.1 Å². The molecule has 134 valence electrons. The molecule has 0 spiro atoms. The zero-order valence-corrected chi connectivity index (χ0v) is 16.3. The van der Waals surface area contributed by atoms with E-state index >= 15 is 0 Å². The lowest BCUT2D eigenvalue weighted by atomic mass is 9.93. The van der Waals surface area contributed by atoms with Gasteiger partial charge in [0.15, 0.2) is 0 Å². The molecule has 0 atom stereocenters. The Bertz CT molecular complexity index is 568. The number of halogens is 1. The van der Waals surface area contributed by atoms with E-state index in [0.717, 1.165) is 12.8 Å². The molecule has 0 aromatic carbocycles. The molecule has 24 heavy (non-hydrogen) atoms. The number of hydrogen-bond acceptors (Lipinski definition) is 5. The number of amides is 1. The lowest BCUT2D eigenvalue weighted by Gasteiger charge is -2.39. The number of nitrogens with zero attached hydrogens (tertiary/aromatic N) is 2. The molecule has 7 heteroatoms. The number of pyridine rings is 1. The summed E-state index contributed by atoms with van der Waals surface area (Å²) >= 11 is 3.36. The molecule has 0 saturated carbocycles. The maximum atomic E-state index is 12.8. The van der Waals surface area contributed by atoms with Gasteiger partial charge < -0.3 is 14.2 Å². The van der Waals surface area contributed by atoms with Crippen LogP contribution in [0.15, 0.2) is 22.8 Å². The first kappa shape index (κ1) is 19.1. The van der Waals surface area contributed by atoms with Crippen LogP contribution in [0.2, 0.25) is 0 Å². The van der Waals surface area contributed by atoms with E-state index in [1.807, 2.05) is 32.9 Å². The summed E-state index contributed by atoms with van der Waals surface area (Å²) in [5, 5.41) is 0. The minimum Gasteiger partial charge on any atom is -0.443 e. The van der Waals surface area contributed by atoms with E-state index in [2.05, 4.69) is 20.9 Å². The van der Waals surface area contributed by atoms with Crippen LogP contribution in [-0.4, -0.2) is 49.1 Å². The molecule has 1 aromatic rings. The summed E-state index contributed by atoms with van der Waals surface area (Å²) in [7, 11) is 1.67. The first-order valence-corrected chi connectivity index (χ1v) is 8.80. The largest absolute Gasteiger partial charge is 0.443 e. The molecule has 1 fully saturated rings. The van der Waals surface area contributed by atoms with Crippen molar-refractivity contribution in [2.45, 2.75) is 44.8 Å². The summed E-state index contributed by atoms with van der Waals surface area (Å²) in [4.78, 5) is 18.7.